The maximum absolute atomic E-state index is 13.8. The first kappa shape index (κ1) is 23.3. The second-order valence-corrected chi connectivity index (χ2v) is 9.80. The molecule has 3 N–H and O–H groups in total. The van der Waals surface area contributed by atoms with E-state index in [0.717, 1.165) is 56.6 Å². The number of phenols is 1. The van der Waals surface area contributed by atoms with Gasteiger partial charge in [-0.05, 0) is 62.9 Å². The van der Waals surface area contributed by atoms with Crippen molar-refractivity contribution in [2.45, 2.75) is 50.1 Å². The van der Waals surface area contributed by atoms with E-state index in [1.165, 1.54) is 0 Å². The molecule has 0 bridgehead atoms. The number of hydrogen-bond donors (Lipinski definition) is 3. The molecule has 1 aromatic heterocycles. The van der Waals surface area contributed by atoms with Crippen molar-refractivity contribution in [3.63, 3.8) is 0 Å². The molecule has 7 heteroatoms. The average molecular weight is 472 g/mol. The Hall–Kier alpha value is -3.45. The van der Waals surface area contributed by atoms with E-state index in [2.05, 4.69) is 44.8 Å². The van der Waals surface area contributed by atoms with Crippen LogP contribution >= 0.6 is 0 Å². The van der Waals surface area contributed by atoms with E-state index in [4.69, 9.17) is 0 Å². The number of carbonyl (C=O) groups excluding carboxylic acids is 1. The Balaban J connectivity index is 1.36. The highest BCUT2D eigenvalue weighted by Crippen LogP contribution is 2.38. The largest absolute Gasteiger partial charge is 0.507 e. The number of nitrogens with one attached hydrogen (secondary N) is 2. The lowest BCUT2D eigenvalue weighted by Crippen LogP contribution is -2.56. The van der Waals surface area contributed by atoms with Crippen LogP contribution in [0.25, 0.3) is 11.3 Å². The summed E-state index contributed by atoms with van der Waals surface area (Å²) in [5.74, 6) is 0.329. The molecule has 2 aliphatic rings. The number of rotatable bonds is 5. The first-order chi connectivity index (χ1) is 17.0. The van der Waals surface area contributed by atoms with Crippen molar-refractivity contribution in [2.75, 3.05) is 24.5 Å². The number of para-hydroxylation sites is 1. The summed E-state index contributed by atoms with van der Waals surface area (Å²) in [5, 5.41) is 25.5. The van der Waals surface area contributed by atoms with Crippen LogP contribution in [0.15, 0.2) is 66.9 Å². The van der Waals surface area contributed by atoms with Gasteiger partial charge in [-0.15, -0.1) is 0 Å². The van der Waals surface area contributed by atoms with E-state index in [1.54, 1.807) is 18.3 Å². The molecule has 2 saturated heterocycles. The topological polar surface area (TPSA) is 90.4 Å². The zero-order chi connectivity index (χ0) is 24.3. The molecule has 0 saturated carbocycles. The van der Waals surface area contributed by atoms with Crippen molar-refractivity contribution in [1.82, 2.24) is 20.8 Å². The zero-order valence-electron chi connectivity index (χ0n) is 20.2. The minimum atomic E-state index is -0.549. The second kappa shape index (κ2) is 10.0. The zero-order valence-corrected chi connectivity index (χ0v) is 20.2. The van der Waals surface area contributed by atoms with Crippen molar-refractivity contribution in [3.05, 3.63) is 72.4 Å². The van der Waals surface area contributed by atoms with E-state index < -0.39 is 5.41 Å². The highest BCUT2D eigenvalue weighted by molar-refractivity contribution is 5.89. The quantitative estimate of drug-likeness (QED) is 0.526. The summed E-state index contributed by atoms with van der Waals surface area (Å²) in [6, 6.07) is 20.0. The van der Waals surface area contributed by atoms with Crippen molar-refractivity contribution in [3.8, 4) is 17.0 Å². The fourth-order valence-electron chi connectivity index (χ4n) is 5.49. The van der Waals surface area contributed by atoms with Gasteiger partial charge in [0.05, 0.1) is 23.0 Å². The monoisotopic (exact) mass is 471 g/mol. The van der Waals surface area contributed by atoms with E-state index in [-0.39, 0.29) is 17.7 Å². The maximum Gasteiger partial charge on any atom is 0.231 e. The Morgan fingerprint density at radius 2 is 1.86 bits per heavy atom. The molecular weight excluding hydrogens is 438 g/mol. The highest BCUT2D eigenvalue weighted by atomic mass is 16.3. The predicted molar refractivity (Wildman–Crippen MR) is 137 cm³/mol. The molecule has 1 amide bonds. The van der Waals surface area contributed by atoms with Gasteiger partial charge < -0.3 is 20.6 Å². The summed E-state index contributed by atoms with van der Waals surface area (Å²) in [6.45, 7) is 4.58. The molecule has 0 aliphatic carbocycles. The van der Waals surface area contributed by atoms with E-state index in [0.29, 0.717) is 17.3 Å². The van der Waals surface area contributed by atoms with Gasteiger partial charge >= 0.3 is 0 Å². The van der Waals surface area contributed by atoms with Gasteiger partial charge in [0.1, 0.15) is 5.75 Å². The number of phenolic OH excluding ortho intramolecular Hbond substituents is 1. The van der Waals surface area contributed by atoms with Crippen LogP contribution in [0.1, 0.15) is 38.2 Å². The van der Waals surface area contributed by atoms with Gasteiger partial charge in [-0.1, -0.05) is 42.5 Å². The smallest absolute Gasteiger partial charge is 0.231 e. The van der Waals surface area contributed by atoms with Crippen LogP contribution in [0.2, 0.25) is 0 Å². The Kier molecular flexibility index (Phi) is 6.68. The number of benzene rings is 2. The van der Waals surface area contributed by atoms with Crippen LogP contribution in [0, 0.1) is 0 Å². The van der Waals surface area contributed by atoms with Crippen molar-refractivity contribution in [1.29, 1.82) is 0 Å². The first-order valence-electron chi connectivity index (χ1n) is 12.5. The summed E-state index contributed by atoms with van der Waals surface area (Å²) in [7, 11) is 0. The minimum absolute atomic E-state index is 0.144. The Morgan fingerprint density at radius 3 is 2.60 bits per heavy atom. The number of piperidine rings is 2. The number of aromatic nitrogens is 2. The SMILES string of the molecule is C[C@H]1C[C@H](NC(=O)C2(c3ccccc3)CCN(c3cnnc(-c4ccccc4O)c3)CC2)CCN1. The standard InChI is InChI=1S/C28H33N5O2/c1-20-17-22(11-14-29-20)31-27(35)28(21-7-3-2-4-8-21)12-15-33(16-13-28)23-18-25(32-30-19-23)24-9-5-6-10-26(24)34/h2-10,18-20,22,29,34H,11-17H2,1H3,(H,31,35)/t20-,22+/m0/s1. The fraction of sp³-hybridized carbons (Fsp3) is 0.393. The normalized spacial score (nSPS) is 21.9. The number of hydrogen-bond acceptors (Lipinski definition) is 6. The van der Waals surface area contributed by atoms with Crippen LogP contribution < -0.4 is 15.5 Å². The lowest BCUT2D eigenvalue weighted by molar-refractivity contribution is -0.128. The van der Waals surface area contributed by atoms with E-state index >= 15 is 0 Å². The predicted octanol–water partition coefficient (Wildman–Crippen LogP) is 3.64. The number of amides is 1. The molecular formula is C28H33N5O2. The second-order valence-electron chi connectivity index (χ2n) is 9.80. The molecule has 2 atom stereocenters. The number of carbonyl (C=O) groups is 1. The molecule has 3 heterocycles. The Bertz CT molecular complexity index is 1160. The molecule has 0 radical (unpaired) electrons. The maximum atomic E-state index is 13.8. The lowest BCUT2D eigenvalue weighted by Gasteiger charge is -2.43. The van der Waals surface area contributed by atoms with E-state index in [9.17, 15) is 9.90 Å². The third-order valence-electron chi connectivity index (χ3n) is 7.52. The molecule has 0 unspecified atom stereocenters. The summed E-state index contributed by atoms with van der Waals surface area (Å²) >= 11 is 0. The Labute approximate surface area is 206 Å². The summed E-state index contributed by atoms with van der Waals surface area (Å²) in [5.41, 5.74) is 2.79. The third kappa shape index (κ3) is 4.86. The summed E-state index contributed by atoms with van der Waals surface area (Å²) < 4.78 is 0. The van der Waals surface area contributed by atoms with Crippen molar-refractivity contribution < 1.29 is 9.90 Å². The third-order valence-corrected chi connectivity index (χ3v) is 7.52. The molecule has 35 heavy (non-hydrogen) atoms. The molecule has 0 spiro atoms. The summed E-state index contributed by atoms with van der Waals surface area (Å²) in [6.07, 6.45) is 5.12. The first-order valence-corrected chi connectivity index (χ1v) is 12.5. The van der Waals surface area contributed by atoms with Gasteiger partial charge in [0.2, 0.25) is 5.91 Å². The highest BCUT2D eigenvalue weighted by Gasteiger charge is 2.43. The number of anilines is 1. The minimum Gasteiger partial charge on any atom is -0.507 e. The number of nitrogens with zero attached hydrogens (tertiary/aromatic N) is 3. The van der Waals surface area contributed by atoms with Gasteiger partial charge in [0.25, 0.3) is 0 Å². The van der Waals surface area contributed by atoms with Gasteiger partial charge in [-0.3, -0.25) is 4.79 Å². The lowest BCUT2D eigenvalue weighted by atomic mass is 9.71. The van der Waals surface area contributed by atoms with Crippen LogP contribution in [0.4, 0.5) is 5.69 Å². The van der Waals surface area contributed by atoms with Gasteiger partial charge in [-0.2, -0.15) is 10.2 Å². The molecule has 182 valence electrons. The van der Waals surface area contributed by atoms with E-state index in [1.807, 2.05) is 36.4 Å². The van der Waals surface area contributed by atoms with Crippen LogP contribution in [0.3, 0.4) is 0 Å². The summed E-state index contributed by atoms with van der Waals surface area (Å²) in [4.78, 5) is 16.1. The number of aromatic hydroxyl groups is 1. The molecule has 2 aliphatic heterocycles. The molecule has 2 aromatic carbocycles. The van der Waals surface area contributed by atoms with Crippen molar-refractivity contribution >= 4 is 11.6 Å². The van der Waals surface area contributed by atoms with Gasteiger partial charge in [0, 0.05) is 30.7 Å². The Morgan fingerprint density at radius 1 is 1.11 bits per heavy atom. The van der Waals surface area contributed by atoms with Gasteiger partial charge in [-0.25, -0.2) is 0 Å². The van der Waals surface area contributed by atoms with Crippen LogP contribution in [-0.2, 0) is 10.2 Å². The fourth-order valence-corrected chi connectivity index (χ4v) is 5.49. The van der Waals surface area contributed by atoms with Gasteiger partial charge in [0.15, 0.2) is 0 Å². The van der Waals surface area contributed by atoms with Crippen LogP contribution in [0.5, 0.6) is 5.75 Å². The molecule has 7 nitrogen and oxygen atoms in total. The van der Waals surface area contributed by atoms with Crippen LogP contribution in [-0.4, -0.2) is 52.9 Å². The molecule has 3 aromatic rings. The van der Waals surface area contributed by atoms with Crippen molar-refractivity contribution in [2.24, 2.45) is 0 Å². The molecule has 2 fully saturated rings. The molecule has 5 rings (SSSR count). The average Bonchev–Trinajstić information content (AvgIpc) is 2.89.